The molecule has 6 rings (SSSR count). The zero-order valence-electron chi connectivity index (χ0n) is 21.0. The number of aromatic nitrogens is 2. The van der Waals surface area contributed by atoms with Gasteiger partial charge in [0.05, 0.1) is 21.9 Å². The zero-order valence-corrected chi connectivity index (χ0v) is 21.0. The molecule has 196 valence electrons. The molecule has 9 heteroatoms. The zero-order chi connectivity index (χ0) is 27.8. The molecule has 1 amide bonds. The van der Waals surface area contributed by atoms with Crippen LogP contribution >= 0.6 is 0 Å². The van der Waals surface area contributed by atoms with Crippen molar-refractivity contribution < 1.29 is 19.3 Å². The van der Waals surface area contributed by atoms with Gasteiger partial charge < -0.3 is 5.32 Å². The number of ketones is 1. The maximum atomic E-state index is 14.2. The van der Waals surface area contributed by atoms with Gasteiger partial charge in [-0.15, -0.1) is 0 Å². The van der Waals surface area contributed by atoms with E-state index in [2.05, 4.69) is 5.32 Å². The molecule has 0 aliphatic carbocycles. The molecular formula is C31H22N4O5. The normalized spacial score (nSPS) is 18.2. The Morgan fingerprint density at radius 3 is 2.05 bits per heavy atom. The average Bonchev–Trinajstić information content (AvgIpc) is 3.38. The smallest absolute Gasteiger partial charge is 0.269 e. The van der Waals surface area contributed by atoms with Crippen LogP contribution in [0.2, 0.25) is 0 Å². The average molecular weight is 531 g/mol. The summed E-state index contributed by atoms with van der Waals surface area (Å²) in [5, 5.41) is 14.2. The number of non-ortho nitro benzene ring substituents is 1. The predicted molar refractivity (Wildman–Crippen MR) is 147 cm³/mol. The lowest BCUT2D eigenvalue weighted by Gasteiger charge is -2.37. The predicted octanol–water partition coefficient (Wildman–Crippen LogP) is 5.15. The molecule has 0 spiro atoms. The Bertz CT molecular complexity index is 1760. The summed E-state index contributed by atoms with van der Waals surface area (Å²) in [7, 11) is 0. The number of nitro benzene ring substituents is 1. The molecule has 2 heterocycles. The lowest BCUT2D eigenvalue weighted by molar-refractivity contribution is -0.384. The van der Waals surface area contributed by atoms with Crippen molar-refractivity contribution in [1.29, 1.82) is 0 Å². The summed E-state index contributed by atoms with van der Waals surface area (Å²) in [6.45, 7) is 0. The van der Waals surface area contributed by atoms with Crippen LogP contribution < -0.4 is 5.32 Å². The molecule has 1 aliphatic rings. The maximum Gasteiger partial charge on any atom is 0.269 e. The molecule has 1 aromatic heterocycles. The second-order valence-electron chi connectivity index (χ2n) is 9.53. The van der Waals surface area contributed by atoms with Gasteiger partial charge >= 0.3 is 0 Å². The number of imidazole rings is 1. The molecule has 0 saturated carbocycles. The number of fused-ring (bicyclic) bond motifs is 3. The summed E-state index contributed by atoms with van der Waals surface area (Å²) < 4.78 is 1.42. The first-order valence-electron chi connectivity index (χ1n) is 12.6. The number of carbonyl (C=O) groups is 3. The van der Waals surface area contributed by atoms with Crippen molar-refractivity contribution in [3.05, 3.63) is 142 Å². The first-order chi connectivity index (χ1) is 19.4. The van der Waals surface area contributed by atoms with Crippen LogP contribution in [0.3, 0.4) is 0 Å². The van der Waals surface area contributed by atoms with E-state index in [4.69, 9.17) is 4.98 Å². The van der Waals surface area contributed by atoms with Crippen LogP contribution in [0, 0.1) is 10.1 Å². The second kappa shape index (κ2) is 10.0. The third-order valence-electron chi connectivity index (χ3n) is 7.22. The number of para-hydroxylation sites is 2. The highest BCUT2D eigenvalue weighted by molar-refractivity contribution is 6.07. The minimum Gasteiger partial charge on any atom is -0.340 e. The number of rotatable bonds is 6. The van der Waals surface area contributed by atoms with Gasteiger partial charge in [0, 0.05) is 29.2 Å². The number of nitro groups is 1. The molecule has 3 atom stereocenters. The molecule has 0 bridgehead atoms. The van der Waals surface area contributed by atoms with Gasteiger partial charge in [0.2, 0.25) is 0 Å². The fourth-order valence-electron chi connectivity index (χ4n) is 5.36. The van der Waals surface area contributed by atoms with E-state index >= 15 is 0 Å². The van der Waals surface area contributed by atoms with Crippen molar-refractivity contribution in [1.82, 2.24) is 14.9 Å². The van der Waals surface area contributed by atoms with Crippen molar-refractivity contribution >= 4 is 34.3 Å². The van der Waals surface area contributed by atoms with Crippen molar-refractivity contribution in [2.45, 2.75) is 17.9 Å². The van der Waals surface area contributed by atoms with Gasteiger partial charge in [-0.2, -0.15) is 0 Å². The Kier molecular flexibility index (Phi) is 6.24. The van der Waals surface area contributed by atoms with E-state index < -0.39 is 34.6 Å². The molecular weight excluding hydrogens is 508 g/mol. The van der Waals surface area contributed by atoms with Crippen LogP contribution in [-0.4, -0.2) is 38.1 Å². The molecule has 4 aromatic carbocycles. The molecule has 1 N–H and O–H groups in total. The van der Waals surface area contributed by atoms with Crippen LogP contribution in [0.25, 0.3) is 11.0 Å². The quantitative estimate of drug-likeness (QED) is 0.184. The Hall–Kier alpha value is -5.44. The number of benzene rings is 4. The number of Topliss-reactive ketones (excluding diaryl/α,β-unsaturated/α-hetero) is 1. The summed E-state index contributed by atoms with van der Waals surface area (Å²) in [5.74, 6) is -2.83. The van der Waals surface area contributed by atoms with Crippen LogP contribution in [0.4, 0.5) is 5.69 Å². The molecule has 0 saturated heterocycles. The Morgan fingerprint density at radius 1 is 0.800 bits per heavy atom. The van der Waals surface area contributed by atoms with E-state index in [0.717, 1.165) is 0 Å². The minimum absolute atomic E-state index is 0.131. The summed E-state index contributed by atoms with van der Waals surface area (Å²) in [6, 6.07) is 28.8. The largest absolute Gasteiger partial charge is 0.340 e. The summed E-state index contributed by atoms with van der Waals surface area (Å²) in [5.41, 5.74) is 2.19. The van der Waals surface area contributed by atoms with Gasteiger partial charge in [-0.1, -0.05) is 72.8 Å². The number of nitrogens with one attached hydrogen (secondary N) is 1. The molecule has 0 radical (unpaired) electrons. The minimum atomic E-state index is -1.17. The summed E-state index contributed by atoms with van der Waals surface area (Å²) >= 11 is 0. The fraction of sp³-hybridized carbons (Fsp3) is 0.0968. The lowest BCUT2D eigenvalue weighted by atomic mass is 9.73. The van der Waals surface area contributed by atoms with Gasteiger partial charge in [0.15, 0.2) is 5.78 Å². The van der Waals surface area contributed by atoms with E-state index in [1.165, 1.54) is 28.8 Å². The van der Waals surface area contributed by atoms with Crippen LogP contribution in [0.5, 0.6) is 0 Å². The monoisotopic (exact) mass is 530 g/mol. The first kappa shape index (κ1) is 24.9. The number of nitrogens with zero attached hydrogens (tertiary/aromatic N) is 3. The Labute approximate surface area is 228 Å². The van der Waals surface area contributed by atoms with Gasteiger partial charge in [-0.3, -0.25) is 29.1 Å². The van der Waals surface area contributed by atoms with Crippen LogP contribution in [-0.2, 0) is 0 Å². The SMILES string of the molecule is O=C(N[C@@H]1C(=O)n2c(nc3ccccc32)[C@H](C(=O)c2ccccc2)[C@H]1c1ccc([N+](=O)[O-])cc1)c1ccccc1. The molecule has 40 heavy (non-hydrogen) atoms. The van der Waals surface area contributed by atoms with Gasteiger partial charge in [-0.05, 0) is 29.8 Å². The van der Waals surface area contributed by atoms with Gasteiger partial charge in [0.25, 0.3) is 17.5 Å². The third-order valence-corrected chi connectivity index (χ3v) is 7.22. The van der Waals surface area contributed by atoms with Crippen LogP contribution in [0.1, 0.15) is 48.7 Å². The van der Waals surface area contributed by atoms with E-state index in [1.807, 2.05) is 0 Å². The molecule has 0 fully saturated rings. The van der Waals surface area contributed by atoms with E-state index in [0.29, 0.717) is 27.7 Å². The molecule has 9 nitrogen and oxygen atoms in total. The maximum absolute atomic E-state index is 14.2. The highest BCUT2D eigenvalue weighted by Crippen LogP contribution is 2.43. The van der Waals surface area contributed by atoms with Crippen molar-refractivity contribution in [2.75, 3.05) is 0 Å². The van der Waals surface area contributed by atoms with Gasteiger partial charge in [-0.25, -0.2) is 4.98 Å². The van der Waals surface area contributed by atoms with Gasteiger partial charge in [0.1, 0.15) is 11.9 Å². The third kappa shape index (κ3) is 4.23. The second-order valence-corrected chi connectivity index (χ2v) is 9.53. The number of amides is 1. The van der Waals surface area contributed by atoms with E-state index in [1.54, 1.807) is 84.9 Å². The van der Waals surface area contributed by atoms with E-state index in [-0.39, 0.29) is 17.3 Å². The highest BCUT2D eigenvalue weighted by Gasteiger charge is 2.49. The Morgan fingerprint density at radius 2 is 1.40 bits per heavy atom. The van der Waals surface area contributed by atoms with Crippen molar-refractivity contribution in [3.63, 3.8) is 0 Å². The standard InChI is InChI=1S/C31H22N4O5/c36-28(20-9-3-1-4-10-20)26-25(19-15-17-22(18-16-19)35(39)40)27(33-30(37)21-11-5-2-6-12-21)31(38)34-24-14-8-7-13-23(24)32-29(26)34/h1-18,25-27H,(H,33,37)/t25-,26+,27+/m1/s1. The number of carbonyl (C=O) groups excluding carboxylic acids is 3. The Balaban J connectivity index is 1.57. The lowest BCUT2D eigenvalue weighted by Crippen LogP contribution is -2.53. The molecule has 1 aliphatic heterocycles. The highest BCUT2D eigenvalue weighted by atomic mass is 16.6. The summed E-state index contributed by atoms with van der Waals surface area (Å²) in [6.07, 6.45) is 0. The summed E-state index contributed by atoms with van der Waals surface area (Å²) in [4.78, 5) is 57.4. The van der Waals surface area contributed by atoms with Crippen molar-refractivity contribution in [3.8, 4) is 0 Å². The molecule has 0 unspecified atom stereocenters. The first-order valence-corrected chi connectivity index (χ1v) is 12.6. The molecule has 5 aromatic rings. The number of hydrogen-bond donors (Lipinski definition) is 1. The topological polar surface area (TPSA) is 124 Å². The fourth-order valence-corrected chi connectivity index (χ4v) is 5.36. The van der Waals surface area contributed by atoms with Crippen molar-refractivity contribution in [2.24, 2.45) is 0 Å². The number of hydrogen-bond acceptors (Lipinski definition) is 6. The van der Waals surface area contributed by atoms with Crippen LogP contribution in [0.15, 0.2) is 109 Å². The van der Waals surface area contributed by atoms with E-state index in [9.17, 15) is 24.5 Å².